The van der Waals surface area contributed by atoms with Gasteiger partial charge in [0.15, 0.2) is 0 Å². The molecule has 0 saturated carbocycles. The molecule has 2 saturated heterocycles. The van der Waals surface area contributed by atoms with Gasteiger partial charge in [0.05, 0.1) is 11.3 Å². The molecule has 2 heterocycles. The molecule has 20 heavy (non-hydrogen) atoms. The van der Waals surface area contributed by atoms with Gasteiger partial charge in [0.25, 0.3) is 0 Å². The fraction of sp³-hybridized carbons (Fsp3) is 0.588. The van der Waals surface area contributed by atoms with Crippen LogP contribution in [-0.2, 0) is 0 Å². The lowest BCUT2D eigenvalue weighted by Gasteiger charge is -2.38. The third-order valence-corrected chi connectivity index (χ3v) is 4.80. The first-order valence-corrected chi connectivity index (χ1v) is 7.77. The average molecular weight is 269 g/mol. The summed E-state index contributed by atoms with van der Waals surface area (Å²) in [5.74, 6) is 0.734. The van der Waals surface area contributed by atoms with Crippen LogP contribution < -0.4 is 10.2 Å². The van der Waals surface area contributed by atoms with E-state index in [9.17, 15) is 5.26 Å². The van der Waals surface area contributed by atoms with Crippen molar-refractivity contribution in [1.82, 2.24) is 5.32 Å². The van der Waals surface area contributed by atoms with Crippen molar-refractivity contribution in [2.45, 2.75) is 38.6 Å². The molecule has 106 valence electrons. The van der Waals surface area contributed by atoms with E-state index in [1.165, 1.54) is 37.8 Å². The summed E-state index contributed by atoms with van der Waals surface area (Å²) in [4.78, 5) is 2.45. The van der Waals surface area contributed by atoms with Gasteiger partial charge in [0.1, 0.15) is 6.07 Å². The second kappa shape index (κ2) is 5.85. The molecule has 1 aromatic carbocycles. The standard InChI is InChI=1S/C17H23N3/c1-13-5-2-6-14(11-18)17(13)20-10-4-7-15(12-20)16-8-3-9-19-16/h2,5-6,15-16,19H,3-4,7-10,12H2,1H3. The first-order chi connectivity index (χ1) is 9.79. The largest absolute Gasteiger partial charge is 0.370 e. The lowest BCUT2D eigenvalue weighted by molar-refractivity contribution is 0.328. The summed E-state index contributed by atoms with van der Waals surface area (Å²) in [6.07, 6.45) is 5.19. The molecule has 3 nitrogen and oxygen atoms in total. The quantitative estimate of drug-likeness (QED) is 0.897. The van der Waals surface area contributed by atoms with Crippen LogP contribution in [0.25, 0.3) is 0 Å². The summed E-state index contributed by atoms with van der Waals surface area (Å²) >= 11 is 0. The normalized spacial score (nSPS) is 26.5. The number of anilines is 1. The molecule has 0 amide bonds. The maximum atomic E-state index is 9.36. The number of para-hydroxylation sites is 1. The highest BCUT2D eigenvalue weighted by Gasteiger charge is 2.30. The van der Waals surface area contributed by atoms with Gasteiger partial charge in [-0.3, -0.25) is 0 Å². The van der Waals surface area contributed by atoms with Gasteiger partial charge in [0.2, 0.25) is 0 Å². The molecule has 0 radical (unpaired) electrons. The minimum atomic E-state index is 0.687. The SMILES string of the molecule is Cc1cccc(C#N)c1N1CCCC(C2CCCN2)C1. The van der Waals surface area contributed by atoms with E-state index in [1.807, 2.05) is 12.1 Å². The topological polar surface area (TPSA) is 39.1 Å². The van der Waals surface area contributed by atoms with Crippen molar-refractivity contribution in [3.8, 4) is 6.07 Å². The summed E-state index contributed by atoms with van der Waals surface area (Å²) in [5.41, 5.74) is 3.21. The van der Waals surface area contributed by atoms with Gasteiger partial charge >= 0.3 is 0 Å². The number of hydrogen-bond acceptors (Lipinski definition) is 3. The molecule has 0 bridgehead atoms. The number of hydrogen-bond donors (Lipinski definition) is 1. The summed E-state index contributed by atoms with van der Waals surface area (Å²) in [6.45, 7) is 5.47. The van der Waals surface area contributed by atoms with Crippen LogP contribution in [0.15, 0.2) is 18.2 Å². The number of piperidine rings is 1. The van der Waals surface area contributed by atoms with Gasteiger partial charge in [-0.2, -0.15) is 5.26 Å². The van der Waals surface area contributed by atoms with Crippen LogP contribution in [0, 0.1) is 24.2 Å². The van der Waals surface area contributed by atoms with Gasteiger partial charge in [-0.25, -0.2) is 0 Å². The number of rotatable bonds is 2. The number of benzene rings is 1. The lowest BCUT2D eigenvalue weighted by atomic mass is 9.89. The van der Waals surface area contributed by atoms with Gasteiger partial charge < -0.3 is 10.2 Å². The Morgan fingerprint density at radius 3 is 2.95 bits per heavy atom. The fourth-order valence-corrected chi connectivity index (χ4v) is 3.82. The van der Waals surface area contributed by atoms with Crippen molar-refractivity contribution in [2.75, 3.05) is 24.5 Å². The van der Waals surface area contributed by atoms with E-state index in [1.54, 1.807) is 0 Å². The predicted octanol–water partition coefficient (Wildman–Crippen LogP) is 2.84. The highest BCUT2D eigenvalue weighted by Crippen LogP contribution is 2.31. The van der Waals surface area contributed by atoms with E-state index in [0.29, 0.717) is 6.04 Å². The Kier molecular flexibility index (Phi) is 3.93. The van der Waals surface area contributed by atoms with Crippen LogP contribution in [0.2, 0.25) is 0 Å². The number of aryl methyl sites for hydroxylation is 1. The maximum absolute atomic E-state index is 9.36. The molecular weight excluding hydrogens is 246 g/mol. The molecule has 3 heteroatoms. The smallest absolute Gasteiger partial charge is 0.101 e. The summed E-state index contributed by atoms with van der Waals surface area (Å²) in [6, 6.07) is 9.09. The third kappa shape index (κ3) is 2.53. The lowest BCUT2D eigenvalue weighted by Crippen LogP contribution is -2.44. The molecule has 2 aliphatic heterocycles. The van der Waals surface area contributed by atoms with E-state index in [4.69, 9.17) is 0 Å². The molecular formula is C17H23N3. The fourth-order valence-electron chi connectivity index (χ4n) is 3.82. The van der Waals surface area contributed by atoms with Gasteiger partial charge in [-0.1, -0.05) is 12.1 Å². The molecule has 0 aliphatic carbocycles. The first-order valence-electron chi connectivity index (χ1n) is 7.77. The molecule has 2 unspecified atom stereocenters. The van der Waals surface area contributed by atoms with Crippen molar-refractivity contribution in [2.24, 2.45) is 5.92 Å². The number of nitrogens with one attached hydrogen (secondary N) is 1. The Bertz CT molecular complexity index is 511. The zero-order valence-corrected chi connectivity index (χ0v) is 12.2. The van der Waals surface area contributed by atoms with Gasteiger partial charge in [-0.15, -0.1) is 0 Å². The first kappa shape index (κ1) is 13.5. The van der Waals surface area contributed by atoms with Crippen LogP contribution >= 0.6 is 0 Å². The highest BCUT2D eigenvalue weighted by molar-refractivity contribution is 5.64. The Morgan fingerprint density at radius 1 is 1.30 bits per heavy atom. The number of nitriles is 1. The second-order valence-corrected chi connectivity index (χ2v) is 6.13. The van der Waals surface area contributed by atoms with Crippen molar-refractivity contribution in [3.05, 3.63) is 29.3 Å². The van der Waals surface area contributed by atoms with Crippen molar-refractivity contribution >= 4 is 5.69 Å². The predicted molar refractivity (Wildman–Crippen MR) is 81.9 cm³/mol. The van der Waals surface area contributed by atoms with Crippen LogP contribution in [-0.4, -0.2) is 25.7 Å². The van der Waals surface area contributed by atoms with Gasteiger partial charge in [0, 0.05) is 19.1 Å². The molecule has 2 aliphatic rings. The Morgan fingerprint density at radius 2 is 2.20 bits per heavy atom. The second-order valence-electron chi connectivity index (χ2n) is 6.13. The van der Waals surface area contributed by atoms with Gasteiger partial charge in [-0.05, 0) is 56.7 Å². The molecule has 1 N–H and O–H groups in total. The zero-order valence-electron chi connectivity index (χ0n) is 12.2. The molecule has 0 aromatic heterocycles. The molecule has 2 fully saturated rings. The van der Waals surface area contributed by atoms with Crippen LogP contribution in [0.3, 0.4) is 0 Å². The van der Waals surface area contributed by atoms with E-state index in [-0.39, 0.29) is 0 Å². The summed E-state index contributed by atoms with van der Waals surface area (Å²) < 4.78 is 0. The molecule has 0 spiro atoms. The van der Waals surface area contributed by atoms with Crippen LogP contribution in [0.4, 0.5) is 5.69 Å². The van der Waals surface area contributed by atoms with E-state index < -0.39 is 0 Å². The molecule has 2 atom stereocenters. The Labute approximate surface area is 121 Å². The molecule has 1 aromatic rings. The zero-order chi connectivity index (χ0) is 13.9. The monoisotopic (exact) mass is 269 g/mol. The van der Waals surface area contributed by atoms with Crippen molar-refractivity contribution < 1.29 is 0 Å². The van der Waals surface area contributed by atoms with Crippen LogP contribution in [0.1, 0.15) is 36.8 Å². The Hall–Kier alpha value is -1.53. The van der Waals surface area contributed by atoms with Crippen LogP contribution in [0.5, 0.6) is 0 Å². The molecule has 3 rings (SSSR count). The van der Waals surface area contributed by atoms with E-state index >= 15 is 0 Å². The van der Waals surface area contributed by atoms with E-state index in [2.05, 4.69) is 29.3 Å². The minimum absolute atomic E-state index is 0.687. The van der Waals surface area contributed by atoms with Crippen molar-refractivity contribution in [3.63, 3.8) is 0 Å². The number of nitrogens with zero attached hydrogens (tertiary/aromatic N) is 2. The minimum Gasteiger partial charge on any atom is -0.370 e. The van der Waals surface area contributed by atoms with E-state index in [0.717, 1.165) is 30.3 Å². The third-order valence-electron chi connectivity index (χ3n) is 4.80. The van der Waals surface area contributed by atoms with Crippen molar-refractivity contribution in [1.29, 1.82) is 5.26 Å². The summed E-state index contributed by atoms with van der Waals surface area (Å²) in [7, 11) is 0. The average Bonchev–Trinajstić information content (AvgIpc) is 3.01. The summed E-state index contributed by atoms with van der Waals surface area (Å²) in [5, 5.41) is 13.0. The maximum Gasteiger partial charge on any atom is 0.101 e. The highest BCUT2D eigenvalue weighted by atomic mass is 15.1. The Balaban J connectivity index is 1.82.